The first-order valence-corrected chi connectivity index (χ1v) is 11.3. The lowest BCUT2D eigenvalue weighted by atomic mass is 9.85. The fraction of sp³-hybridized carbons (Fsp3) is 0.308. The molecule has 1 N–H and O–H groups in total. The Balaban J connectivity index is 1.16. The molecule has 3 amide bonds. The number of allylic oxidation sites excluding steroid dienone is 2. The van der Waals surface area contributed by atoms with Crippen LogP contribution in [0.3, 0.4) is 0 Å². The Kier molecular flexibility index (Phi) is 5.65. The van der Waals surface area contributed by atoms with E-state index in [4.69, 9.17) is 9.47 Å². The van der Waals surface area contributed by atoms with E-state index in [-0.39, 0.29) is 41.0 Å². The van der Waals surface area contributed by atoms with Crippen LogP contribution in [0.5, 0.6) is 5.75 Å². The molecule has 3 aliphatic rings. The number of rotatable bonds is 7. The number of carbonyl (C=O) groups excluding carboxylic acids is 4. The van der Waals surface area contributed by atoms with Crippen molar-refractivity contribution in [2.75, 3.05) is 23.4 Å². The van der Waals surface area contributed by atoms with E-state index in [0.717, 1.165) is 6.42 Å². The van der Waals surface area contributed by atoms with Crippen LogP contribution < -0.4 is 15.0 Å². The highest BCUT2D eigenvalue weighted by molar-refractivity contribution is 6.22. The van der Waals surface area contributed by atoms with Crippen LogP contribution in [0, 0.1) is 23.7 Å². The lowest BCUT2D eigenvalue weighted by molar-refractivity contribution is -0.123. The monoisotopic (exact) mass is 460 g/mol. The zero-order valence-electron chi connectivity index (χ0n) is 18.6. The Bertz CT molecular complexity index is 1140. The van der Waals surface area contributed by atoms with Gasteiger partial charge in [0.2, 0.25) is 11.8 Å². The van der Waals surface area contributed by atoms with Crippen molar-refractivity contribution in [3.63, 3.8) is 0 Å². The van der Waals surface area contributed by atoms with E-state index in [0.29, 0.717) is 23.7 Å². The van der Waals surface area contributed by atoms with Crippen LogP contribution in [0.15, 0.2) is 60.7 Å². The summed E-state index contributed by atoms with van der Waals surface area (Å²) >= 11 is 0. The number of ether oxygens (including phenoxy) is 2. The molecule has 2 aliphatic carbocycles. The molecule has 0 unspecified atom stereocenters. The number of nitrogens with one attached hydrogen (secondary N) is 1. The van der Waals surface area contributed by atoms with Gasteiger partial charge < -0.3 is 14.8 Å². The van der Waals surface area contributed by atoms with E-state index in [1.165, 1.54) is 17.0 Å². The second-order valence-electron chi connectivity index (χ2n) is 8.64. The Morgan fingerprint density at radius 2 is 1.56 bits per heavy atom. The summed E-state index contributed by atoms with van der Waals surface area (Å²) in [5.41, 5.74) is 1.22. The van der Waals surface area contributed by atoms with Gasteiger partial charge in [-0.3, -0.25) is 19.3 Å². The Morgan fingerprint density at radius 3 is 2.15 bits per heavy atom. The highest BCUT2D eigenvalue weighted by Gasteiger charge is 2.59. The molecule has 2 aromatic carbocycles. The lowest BCUT2D eigenvalue weighted by Crippen LogP contribution is -2.32. The summed E-state index contributed by atoms with van der Waals surface area (Å²) in [6.07, 6.45) is 4.97. The number of amides is 3. The third kappa shape index (κ3) is 3.85. The Labute approximate surface area is 196 Å². The van der Waals surface area contributed by atoms with Crippen molar-refractivity contribution < 1.29 is 28.7 Å². The van der Waals surface area contributed by atoms with Crippen molar-refractivity contribution in [2.45, 2.75) is 13.3 Å². The highest BCUT2D eigenvalue weighted by Crippen LogP contribution is 2.53. The SMILES string of the molecule is CCOc1ccc(NC(=O)COC(=O)c2ccc(N3C(=O)[C@@H]4[C@H](C3=O)[C@H]3C=C[C@H]4C3)cc2)cc1. The largest absolute Gasteiger partial charge is 0.494 e. The second-order valence-corrected chi connectivity index (χ2v) is 8.64. The maximum atomic E-state index is 12.9. The molecule has 1 heterocycles. The summed E-state index contributed by atoms with van der Waals surface area (Å²) < 4.78 is 10.5. The van der Waals surface area contributed by atoms with Gasteiger partial charge in [0.1, 0.15) is 5.75 Å². The molecule has 8 heteroatoms. The van der Waals surface area contributed by atoms with Crippen LogP contribution in [-0.4, -0.2) is 36.9 Å². The van der Waals surface area contributed by atoms with Crippen LogP contribution in [0.25, 0.3) is 0 Å². The minimum atomic E-state index is -0.674. The molecule has 5 rings (SSSR count). The number of anilines is 2. The quantitative estimate of drug-likeness (QED) is 0.387. The first-order valence-electron chi connectivity index (χ1n) is 11.3. The van der Waals surface area contributed by atoms with Crippen molar-refractivity contribution >= 4 is 35.1 Å². The molecule has 4 atom stereocenters. The number of carbonyl (C=O) groups is 4. The molecule has 2 fully saturated rings. The summed E-state index contributed by atoms with van der Waals surface area (Å²) in [6, 6.07) is 13.0. The Morgan fingerprint density at radius 1 is 0.941 bits per heavy atom. The molecule has 1 saturated carbocycles. The first-order chi connectivity index (χ1) is 16.5. The van der Waals surface area contributed by atoms with Gasteiger partial charge in [-0.25, -0.2) is 4.79 Å². The number of nitrogens with zero attached hydrogens (tertiary/aromatic N) is 1. The molecule has 1 aliphatic heterocycles. The normalized spacial score (nSPS) is 24.3. The van der Waals surface area contributed by atoms with Crippen molar-refractivity contribution in [3.05, 3.63) is 66.2 Å². The van der Waals surface area contributed by atoms with Crippen LogP contribution >= 0.6 is 0 Å². The molecule has 0 aromatic heterocycles. The summed E-state index contributed by atoms with van der Waals surface area (Å²) in [5.74, 6) is -1.08. The number of imide groups is 1. The van der Waals surface area contributed by atoms with Gasteiger partial charge in [0.15, 0.2) is 6.61 Å². The summed E-state index contributed by atoms with van der Waals surface area (Å²) in [4.78, 5) is 51.5. The van der Waals surface area contributed by atoms with E-state index in [2.05, 4.69) is 5.32 Å². The maximum Gasteiger partial charge on any atom is 0.338 e. The highest BCUT2D eigenvalue weighted by atomic mass is 16.5. The van der Waals surface area contributed by atoms with Crippen LogP contribution in [0.4, 0.5) is 11.4 Å². The van der Waals surface area contributed by atoms with E-state index in [1.807, 2.05) is 19.1 Å². The number of hydrogen-bond donors (Lipinski definition) is 1. The molecule has 2 aromatic rings. The van der Waals surface area contributed by atoms with Crippen molar-refractivity contribution in [2.24, 2.45) is 23.7 Å². The molecule has 2 bridgehead atoms. The molecule has 8 nitrogen and oxygen atoms in total. The number of esters is 1. The smallest absolute Gasteiger partial charge is 0.338 e. The van der Waals surface area contributed by atoms with Gasteiger partial charge in [-0.15, -0.1) is 0 Å². The summed E-state index contributed by atoms with van der Waals surface area (Å²) in [6.45, 7) is 1.98. The molecule has 0 spiro atoms. The van der Waals surface area contributed by atoms with Crippen molar-refractivity contribution in [3.8, 4) is 5.75 Å². The zero-order chi connectivity index (χ0) is 23.8. The van der Waals surface area contributed by atoms with Crippen LogP contribution in [0.1, 0.15) is 23.7 Å². The predicted molar refractivity (Wildman–Crippen MR) is 123 cm³/mol. The average Bonchev–Trinajstić information content (AvgIpc) is 3.53. The molecule has 0 radical (unpaired) electrons. The number of hydrogen-bond acceptors (Lipinski definition) is 6. The van der Waals surface area contributed by atoms with Crippen LogP contribution in [-0.2, 0) is 19.1 Å². The minimum Gasteiger partial charge on any atom is -0.494 e. The molecule has 1 saturated heterocycles. The van der Waals surface area contributed by atoms with Gasteiger partial charge in [-0.05, 0) is 73.7 Å². The minimum absolute atomic E-state index is 0.138. The van der Waals surface area contributed by atoms with Gasteiger partial charge in [-0.1, -0.05) is 12.2 Å². The zero-order valence-corrected chi connectivity index (χ0v) is 18.6. The number of fused-ring (bicyclic) bond motifs is 5. The predicted octanol–water partition coefficient (Wildman–Crippen LogP) is 3.19. The topological polar surface area (TPSA) is 102 Å². The van der Waals surface area contributed by atoms with Gasteiger partial charge in [0.05, 0.1) is 29.7 Å². The van der Waals surface area contributed by atoms with Crippen LogP contribution in [0.2, 0.25) is 0 Å². The molecule has 174 valence electrons. The van der Waals surface area contributed by atoms with Gasteiger partial charge in [-0.2, -0.15) is 0 Å². The first kappa shape index (κ1) is 21.9. The van der Waals surface area contributed by atoms with E-state index in [9.17, 15) is 19.2 Å². The Hall–Kier alpha value is -3.94. The summed E-state index contributed by atoms with van der Waals surface area (Å²) in [7, 11) is 0. The fourth-order valence-electron chi connectivity index (χ4n) is 5.12. The second kappa shape index (κ2) is 8.78. The summed E-state index contributed by atoms with van der Waals surface area (Å²) in [5, 5.41) is 2.65. The molecular formula is C26H24N2O6. The molecule has 34 heavy (non-hydrogen) atoms. The fourth-order valence-corrected chi connectivity index (χ4v) is 5.12. The standard InChI is InChI=1S/C26H24N2O6/c1-2-33-20-11-7-18(8-12-20)27-21(29)14-34-26(32)15-5-9-19(10-6-15)28-24(30)22-16-3-4-17(13-16)23(22)25(28)31/h3-12,16-17,22-23H,2,13-14H2,1H3,(H,27,29)/t16-,17-,22-,23+/m0/s1. The lowest BCUT2D eigenvalue weighted by Gasteiger charge is -2.17. The van der Waals surface area contributed by atoms with E-state index < -0.39 is 18.5 Å². The average molecular weight is 460 g/mol. The van der Waals surface area contributed by atoms with Crippen molar-refractivity contribution in [1.82, 2.24) is 0 Å². The van der Waals surface area contributed by atoms with E-state index >= 15 is 0 Å². The third-order valence-corrected chi connectivity index (χ3v) is 6.61. The number of benzene rings is 2. The van der Waals surface area contributed by atoms with E-state index in [1.54, 1.807) is 36.4 Å². The maximum absolute atomic E-state index is 12.9. The third-order valence-electron chi connectivity index (χ3n) is 6.61. The molecular weight excluding hydrogens is 436 g/mol. The van der Waals surface area contributed by atoms with Gasteiger partial charge in [0, 0.05) is 5.69 Å². The van der Waals surface area contributed by atoms with Gasteiger partial charge >= 0.3 is 5.97 Å². The van der Waals surface area contributed by atoms with Gasteiger partial charge in [0.25, 0.3) is 5.91 Å². The van der Waals surface area contributed by atoms with Crippen molar-refractivity contribution in [1.29, 1.82) is 0 Å².